The monoisotopic (exact) mass is 723 g/mol. The number of ether oxygens (including phenoxy) is 4. The molecule has 288 valence electrons. The third-order valence-electron chi connectivity index (χ3n) is 15.6. The molecule has 0 radical (unpaired) electrons. The molecule has 52 heavy (non-hydrogen) atoms. The lowest BCUT2D eigenvalue weighted by molar-refractivity contribution is -0.571. The highest BCUT2D eigenvalue weighted by Crippen LogP contribution is 2.63. The van der Waals surface area contributed by atoms with Crippen molar-refractivity contribution in [3.8, 4) is 0 Å². The number of aryl methyl sites for hydroxylation is 1. The number of nitrogens with one attached hydrogen (secondary N) is 1. The third kappa shape index (κ3) is 5.59. The molecular formula is C42H61NO9. The predicted molar refractivity (Wildman–Crippen MR) is 189 cm³/mol. The van der Waals surface area contributed by atoms with Crippen LogP contribution >= 0.6 is 0 Å². The largest absolute Gasteiger partial charge is 0.352 e. The van der Waals surface area contributed by atoms with Gasteiger partial charge in [0.25, 0.3) is 0 Å². The van der Waals surface area contributed by atoms with Crippen LogP contribution in [0, 0.1) is 60.2 Å². The molecule has 4 bridgehead atoms. The van der Waals surface area contributed by atoms with Crippen LogP contribution in [-0.2, 0) is 49.8 Å². The SMILES string of the molecule is Cc1ccc(CNC(=O)C(C[C@H]2O[C@@H]3O[C@@]4(C)CC[C@H]5[C@H](C)CC[C@@H]([C@H]2C)[C@@]35OO4)C[C@H]2O[C@@H]3O[C@@]4(C)CC[C@H]5[C@H](C)CC[C@@H]([C@H]2C)[C@@]35OO4)cc1. The van der Waals surface area contributed by atoms with Gasteiger partial charge in [-0.05, 0) is 113 Å². The van der Waals surface area contributed by atoms with Crippen LogP contribution in [0.5, 0.6) is 0 Å². The maximum absolute atomic E-state index is 14.5. The van der Waals surface area contributed by atoms with Crippen LogP contribution in [0.4, 0.5) is 0 Å². The second-order valence-corrected chi connectivity index (χ2v) is 18.8. The van der Waals surface area contributed by atoms with E-state index in [0.717, 1.165) is 56.9 Å². The first kappa shape index (κ1) is 36.0. The Morgan fingerprint density at radius 3 is 1.65 bits per heavy atom. The van der Waals surface area contributed by atoms with Crippen LogP contribution in [0.3, 0.4) is 0 Å². The van der Waals surface area contributed by atoms with Crippen molar-refractivity contribution in [3.63, 3.8) is 0 Å². The van der Waals surface area contributed by atoms with Crippen LogP contribution in [-0.4, -0.2) is 53.5 Å². The van der Waals surface area contributed by atoms with Gasteiger partial charge in [-0.25, -0.2) is 19.6 Å². The topological polar surface area (TPSA) is 103 Å². The van der Waals surface area contributed by atoms with Crippen molar-refractivity contribution in [2.45, 2.75) is 167 Å². The molecule has 0 aromatic heterocycles. The molecule has 1 amide bonds. The van der Waals surface area contributed by atoms with E-state index in [-0.39, 0.29) is 47.7 Å². The molecule has 0 unspecified atom stereocenters. The molecule has 2 spiro atoms. The van der Waals surface area contributed by atoms with Gasteiger partial charge in [-0.1, -0.05) is 57.5 Å². The summed E-state index contributed by atoms with van der Waals surface area (Å²) in [6.07, 6.45) is 7.53. The molecule has 8 heterocycles. The standard InChI is InChI=1S/C42H61NO9/c1-23-8-12-28(13-9-23)22-43-36(44)29(20-34-26(4)32-14-10-24(2)30-16-18-39(6)47-37(45-34)41(30,32)51-49-39)21-35-27(5)33-15-11-25(3)31-17-19-40(7)48-38(46-35)42(31,33)52-50-40/h8-9,12-13,24-27,29-35,37-38H,10-11,14-22H2,1-7H3,(H,43,44)/t24-,25-,26-,27-,30+,31+,32+,33+,34-,35-,37-,38-,39-,40-,41-,42-/m1/s1. The summed E-state index contributed by atoms with van der Waals surface area (Å²) in [6, 6.07) is 8.36. The third-order valence-corrected chi connectivity index (χ3v) is 15.6. The van der Waals surface area contributed by atoms with Gasteiger partial charge < -0.3 is 24.3 Å². The molecule has 1 aromatic carbocycles. The normalized spacial score (nSPS) is 50.5. The Hall–Kier alpha value is -1.63. The molecule has 10 aliphatic rings. The van der Waals surface area contributed by atoms with Crippen molar-refractivity contribution in [1.82, 2.24) is 5.32 Å². The van der Waals surface area contributed by atoms with Crippen LogP contribution < -0.4 is 5.32 Å². The minimum absolute atomic E-state index is 0.0303. The van der Waals surface area contributed by atoms with Crippen molar-refractivity contribution < 1.29 is 43.3 Å². The predicted octanol–water partition coefficient (Wildman–Crippen LogP) is 7.51. The Kier molecular flexibility index (Phi) is 8.99. The van der Waals surface area contributed by atoms with E-state index in [0.29, 0.717) is 43.1 Å². The molecule has 10 heteroatoms. The minimum atomic E-state index is -0.843. The minimum Gasteiger partial charge on any atom is -0.352 e. The summed E-state index contributed by atoms with van der Waals surface area (Å²) < 4.78 is 27.5. The molecule has 8 saturated heterocycles. The van der Waals surface area contributed by atoms with Gasteiger partial charge in [0.15, 0.2) is 23.8 Å². The molecule has 8 aliphatic heterocycles. The Balaban J connectivity index is 1.00. The number of amides is 1. The number of fused-ring (bicyclic) bond motifs is 4. The zero-order chi connectivity index (χ0) is 36.2. The molecule has 10 nitrogen and oxygen atoms in total. The van der Waals surface area contributed by atoms with E-state index in [9.17, 15) is 4.79 Å². The fraction of sp³-hybridized carbons (Fsp3) is 0.833. The maximum atomic E-state index is 14.5. The van der Waals surface area contributed by atoms with Gasteiger partial charge in [0.05, 0.1) is 12.2 Å². The highest BCUT2D eigenvalue weighted by Gasteiger charge is 2.71. The van der Waals surface area contributed by atoms with Gasteiger partial charge in [-0.2, -0.15) is 0 Å². The first-order valence-corrected chi connectivity index (χ1v) is 20.6. The molecule has 2 saturated carbocycles. The number of hydrogen-bond acceptors (Lipinski definition) is 9. The van der Waals surface area contributed by atoms with Crippen LogP contribution in [0.1, 0.15) is 117 Å². The van der Waals surface area contributed by atoms with Crippen molar-refractivity contribution in [2.75, 3.05) is 0 Å². The number of carbonyl (C=O) groups excluding carboxylic acids is 1. The molecule has 16 atom stereocenters. The van der Waals surface area contributed by atoms with E-state index in [2.05, 4.69) is 64.2 Å². The van der Waals surface area contributed by atoms with Gasteiger partial charge in [-0.15, -0.1) is 0 Å². The number of rotatable bonds is 7. The molecule has 1 aromatic rings. The van der Waals surface area contributed by atoms with Crippen LogP contribution in [0.2, 0.25) is 0 Å². The molecule has 10 fully saturated rings. The van der Waals surface area contributed by atoms with Gasteiger partial charge in [0.2, 0.25) is 17.5 Å². The van der Waals surface area contributed by atoms with Gasteiger partial charge in [-0.3, -0.25) is 4.79 Å². The van der Waals surface area contributed by atoms with E-state index < -0.39 is 35.4 Å². The smallest absolute Gasteiger partial charge is 0.223 e. The zero-order valence-corrected chi connectivity index (χ0v) is 32.3. The van der Waals surface area contributed by atoms with Crippen LogP contribution in [0.25, 0.3) is 0 Å². The van der Waals surface area contributed by atoms with E-state index in [1.165, 1.54) is 5.56 Å². The summed E-state index contributed by atoms with van der Waals surface area (Å²) in [7, 11) is 0. The van der Waals surface area contributed by atoms with Crippen molar-refractivity contribution in [3.05, 3.63) is 35.4 Å². The van der Waals surface area contributed by atoms with Crippen molar-refractivity contribution in [2.24, 2.45) is 53.3 Å². The fourth-order valence-corrected chi connectivity index (χ4v) is 12.4. The van der Waals surface area contributed by atoms with Gasteiger partial charge in [0, 0.05) is 37.1 Å². The molecular weight excluding hydrogens is 662 g/mol. The number of carbonyl (C=O) groups is 1. The summed E-state index contributed by atoms with van der Waals surface area (Å²) in [5.74, 6) is 0.277. The average Bonchev–Trinajstić information content (AvgIpc) is 3.49. The average molecular weight is 724 g/mol. The second kappa shape index (κ2) is 13.0. The van der Waals surface area contributed by atoms with E-state index in [1.54, 1.807) is 0 Å². The second-order valence-electron chi connectivity index (χ2n) is 18.8. The Bertz CT molecular complexity index is 1430. The molecule has 11 rings (SSSR count). The quantitative estimate of drug-likeness (QED) is 0.287. The summed E-state index contributed by atoms with van der Waals surface area (Å²) in [5.41, 5.74) is 1.01. The van der Waals surface area contributed by atoms with Crippen molar-refractivity contribution >= 4 is 5.91 Å². The van der Waals surface area contributed by atoms with E-state index >= 15 is 0 Å². The Labute approximate surface area is 309 Å². The highest BCUT2D eigenvalue weighted by molar-refractivity contribution is 5.78. The first-order chi connectivity index (χ1) is 24.8. The number of hydrogen-bond donors (Lipinski definition) is 1. The Morgan fingerprint density at radius 1 is 0.692 bits per heavy atom. The first-order valence-electron chi connectivity index (χ1n) is 20.6. The summed E-state index contributed by atoms with van der Waals surface area (Å²) in [6.45, 7) is 15.8. The lowest BCUT2D eigenvalue weighted by Gasteiger charge is -2.61. The molecule has 2 aliphatic carbocycles. The van der Waals surface area contributed by atoms with E-state index in [1.807, 2.05) is 13.8 Å². The highest BCUT2D eigenvalue weighted by atomic mass is 17.3. The van der Waals surface area contributed by atoms with Gasteiger partial charge in [0.1, 0.15) is 0 Å². The summed E-state index contributed by atoms with van der Waals surface area (Å²) in [5, 5.41) is 3.32. The fourth-order valence-electron chi connectivity index (χ4n) is 12.4. The lowest BCUT2D eigenvalue weighted by Crippen LogP contribution is -2.70. The summed E-state index contributed by atoms with van der Waals surface area (Å²) >= 11 is 0. The van der Waals surface area contributed by atoms with E-state index in [4.69, 9.17) is 38.5 Å². The van der Waals surface area contributed by atoms with Gasteiger partial charge >= 0.3 is 0 Å². The maximum Gasteiger partial charge on any atom is 0.223 e. The van der Waals surface area contributed by atoms with Crippen molar-refractivity contribution in [1.29, 1.82) is 0 Å². The number of benzene rings is 1. The Morgan fingerprint density at radius 2 is 1.17 bits per heavy atom. The van der Waals surface area contributed by atoms with Crippen LogP contribution in [0.15, 0.2) is 24.3 Å². The summed E-state index contributed by atoms with van der Waals surface area (Å²) in [4.78, 5) is 39.6. The zero-order valence-electron chi connectivity index (χ0n) is 32.3. The lowest BCUT2D eigenvalue weighted by atomic mass is 9.56. The molecule has 1 N–H and O–H groups in total.